The van der Waals surface area contributed by atoms with Crippen LogP contribution < -0.4 is 26.2 Å². The second-order valence-corrected chi connectivity index (χ2v) is 33.4. The predicted octanol–water partition coefficient (Wildman–Crippen LogP) is 30.3. The van der Waals surface area contributed by atoms with Gasteiger partial charge in [0.05, 0.1) is 71.9 Å². The number of rotatable bonds is 12. The zero-order valence-electron chi connectivity index (χ0n) is 88.4. The van der Waals surface area contributed by atoms with E-state index in [1.807, 2.05) is 192 Å². The van der Waals surface area contributed by atoms with Crippen LogP contribution in [0.15, 0.2) is 442 Å². The van der Waals surface area contributed by atoms with Gasteiger partial charge in [-0.25, -0.2) is 0 Å². The van der Waals surface area contributed by atoms with Crippen molar-refractivity contribution in [1.82, 2.24) is 13.7 Å². The van der Waals surface area contributed by atoms with Crippen LogP contribution in [-0.4, -0.2) is 20.4 Å². The van der Waals surface area contributed by atoms with Gasteiger partial charge in [0, 0.05) is 94.4 Å². The van der Waals surface area contributed by atoms with Crippen LogP contribution in [0, 0.1) is 0 Å². The molecule has 5 heterocycles. The molecule has 3 aromatic heterocycles. The number of nitrogens with zero attached hydrogens (tertiary/aromatic N) is 5. The number of fused-ring (bicyclic) bond motifs is 16. The van der Waals surface area contributed by atoms with Crippen molar-refractivity contribution in [2.75, 3.05) is 9.80 Å². The van der Waals surface area contributed by atoms with Gasteiger partial charge in [-0.05, 0) is 220 Å². The summed E-state index contributed by atoms with van der Waals surface area (Å²) in [7, 11) is 0. The topological polar surface area (TPSA) is 21.3 Å². The SMILES string of the molecule is [2H]c1c([2H])c(-n2c3c([2H])c([2H])c([2H])c([2H])c3c3c([2H])c(-c4ccccc4)c([2H])c([2H])c32)c([2H])c2c1B1c3c(cc(-c4ccc(-n5c6ccccc6c6ccccc65)cc4)cc3N(c3c(-c4ccccc4)cccc3-c3cc4ccccc4c4ccccc34)c3c([2H])c(-n4c5c([2H])c([2H])c([2H])c([2H])c5c5c([2H])c(-c6ccccc6)c([2H])c([2H])c54)c([2H])c([2H])c31)N2c1c(-c2ccccc2)cc(C(C)(C)C)cc1-c1ccccc1. The first-order chi connectivity index (χ1) is 70.5. The molecule has 5 nitrogen and oxygen atoms in total. The van der Waals surface area contributed by atoms with E-state index in [4.69, 9.17) is 0 Å². The molecule has 590 valence electrons. The molecule has 25 rings (SSSR count). The molecule has 2 aliphatic rings. The summed E-state index contributed by atoms with van der Waals surface area (Å²) in [5.41, 5.74) is 8.28. The fraction of sp³-hybridized carbons (Fsp3) is 0.0333. The van der Waals surface area contributed by atoms with E-state index in [0.29, 0.717) is 83.6 Å². The highest BCUT2D eigenvalue weighted by Crippen LogP contribution is 2.57. The highest BCUT2D eigenvalue weighted by Gasteiger charge is 2.46. The van der Waals surface area contributed by atoms with Crippen molar-refractivity contribution >= 4 is 144 Å². The van der Waals surface area contributed by atoms with Crippen LogP contribution in [0.4, 0.5) is 34.1 Å². The highest BCUT2D eigenvalue weighted by molar-refractivity contribution is 7.00. The Morgan fingerprint density at radius 3 is 1.15 bits per heavy atom. The lowest BCUT2D eigenvalue weighted by Crippen LogP contribution is -2.61. The van der Waals surface area contributed by atoms with Crippen molar-refractivity contribution in [3.05, 3.63) is 448 Å². The molecule has 0 bridgehead atoms. The molecular formula is C120H82BN5. The van der Waals surface area contributed by atoms with Gasteiger partial charge in [0.2, 0.25) is 0 Å². The van der Waals surface area contributed by atoms with Crippen LogP contribution in [0.3, 0.4) is 0 Å². The minimum atomic E-state index is -1.71. The lowest BCUT2D eigenvalue weighted by atomic mass is 9.33. The maximum atomic E-state index is 12.3. The zero-order chi connectivity index (χ0) is 101. The number of anilines is 6. The fourth-order valence-corrected chi connectivity index (χ4v) is 19.5. The standard InChI is InChI=1S/C120H82BN5/c1-120(2,3)87-73-100(81-38-15-7-16-39-81)119(101(74-87)82-40-17-8-18-41-82)126-114-76-90(124-110-55-30-26-49-98(110)104-69-84(59-67-112(104)124)78-34-11-5-12-35-78)63-65-106(114)121-105-64-62-89(123-109-54-29-25-48-97(109)103-68-83(58-66-111(103)123)77-32-9-4-10-33-77)75-113(105)125(118-92(80-36-13-6-14-37-80)50-31-51-99(118)102-70-85-42-19-20-43-91(85)93-44-21-22-45-94(93)102)115-71-86(72-116(126)117(115)121)79-56-60-88(61-57-79)122-107-52-27-23-46-95(107)96-47-24-28-53-108(96)122/h4-76H,1-3H3/i25D,26D,29D,30D,48D,49D,54D,55D,58D,59D,62D,63D,64D,65D,66D,67D,68D,69D,75D,76D. The number of hydrogen-bond acceptors (Lipinski definition) is 2. The van der Waals surface area contributed by atoms with Crippen LogP contribution in [0.5, 0.6) is 0 Å². The highest BCUT2D eigenvalue weighted by atomic mass is 15.2. The van der Waals surface area contributed by atoms with Crippen LogP contribution in [0.25, 0.3) is 182 Å². The Morgan fingerprint density at radius 2 is 0.643 bits per heavy atom. The largest absolute Gasteiger partial charge is 0.310 e. The molecule has 0 N–H and O–H groups in total. The van der Waals surface area contributed by atoms with E-state index >= 15 is 0 Å². The fourth-order valence-electron chi connectivity index (χ4n) is 19.5. The monoisotopic (exact) mass is 1620 g/mol. The maximum Gasteiger partial charge on any atom is 0.252 e. The van der Waals surface area contributed by atoms with Gasteiger partial charge >= 0.3 is 0 Å². The molecule has 6 heteroatoms. The zero-order valence-corrected chi connectivity index (χ0v) is 68.4. The molecule has 0 saturated carbocycles. The molecule has 0 unspecified atom stereocenters. The van der Waals surface area contributed by atoms with Gasteiger partial charge in [-0.3, -0.25) is 0 Å². The normalized spacial score (nSPS) is 14.7. The number of para-hydroxylation sites is 5. The third-order valence-corrected chi connectivity index (χ3v) is 25.2. The summed E-state index contributed by atoms with van der Waals surface area (Å²) < 4.78 is 217. The Hall–Kier alpha value is -16.0. The van der Waals surface area contributed by atoms with Crippen LogP contribution in [-0.2, 0) is 5.41 Å². The van der Waals surface area contributed by atoms with Crippen molar-refractivity contribution in [2.45, 2.75) is 26.2 Å². The number of hydrogen-bond donors (Lipinski definition) is 0. The second-order valence-electron chi connectivity index (χ2n) is 33.4. The summed E-state index contributed by atoms with van der Waals surface area (Å²) in [5, 5.41) is 4.63. The summed E-state index contributed by atoms with van der Waals surface area (Å²) >= 11 is 0. The van der Waals surface area contributed by atoms with Crippen molar-refractivity contribution < 1.29 is 27.4 Å². The first-order valence-electron chi connectivity index (χ1n) is 52.3. The molecule has 0 amide bonds. The molecular weight excluding hydrogens is 1520 g/mol. The van der Waals surface area contributed by atoms with Crippen molar-refractivity contribution in [1.29, 1.82) is 0 Å². The van der Waals surface area contributed by atoms with Crippen molar-refractivity contribution in [3.63, 3.8) is 0 Å². The molecule has 0 atom stereocenters. The Balaban J connectivity index is 0.924. The quantitative estimate of drug-likeness (QED) is 0.0898. The van der Waals surface area contributed by atoms with Gasteiger partial charge in [0.1, 0.15) is 0 Å². The molecule has 0 radical (unpaired) electrons. The second kappa shape index (κ2) is 28.8. The van der Waals surface area contributed by atoms with Gasteiger partial charge in [-0.1, -0.05) is 348 Å². The number of benzene rings is 20. The van der Waals surface area contributed by atoms with Gasteiger partial charge < -0.3 is 23.5 Å². The van der Waals surface area contributed by atoms with E-state index in [1.54, 1.807) is 60.7 Å². The van der Waals surface area contributed by atoms with E-state index in [9.17, 15) is 27.4 Å². The molecule has 23 aromatic rings. The van der Waals surface area contributed by atoms with Gasteiger partial charge in [-0.2, -0.15) is 0 Å². The third kappa shape index (κ3) is 11.5. The number of aromatic nitrogens is 3. The molecule has 0 spiro atoms. The minimum Gasteiger partial charge on any atom is -0.310 e. The molecule has 0 aliphatic carbocycles. The smallest absolute Gasteiger partial charge is 0.252 e. The molecule has 126 heavy (non-hydrogen) atoms. The lowest BCUT2D eigenvalue weighted by Gasteiger charge is -2.46. The Kier molecular flexibility index (Phi) is 12.6. The molecule has 2 aliphatic heterocycles. The predicted molar refractivity (Wildman–Crippen MR) is 535 cm³/mol. The average molecular weight is 1620 g/mol. The van der Waals surface area contributed by atoms with Crippen molar-refractivity contribution in [3.8, 4) is 95.0 Å². The first-order valence-corrected chi connectivity index (χ1v) is 42.3. The van der Waals surface area contributed by atoms with Crippen LogP contribution in [0.2, 0.25) is 0 Å². The van der Waals surface area contributed by atoms with E-state index in [2.05, 4.69) is 104 Å². The van der Waals surface area contributed by atoms with Gasteiger partial charge in [0.15, 0.2) is 0 Å². The molecule has 20 aromatic carbocycles. The van der Waals surface area contributed by atoms with Crippen molar-refractivity contribution in [2.24, 2.45) is 0 Å². The van der Waals surface area contributed by atoms with E-state index in [-0.39, 0.29) is 88.4 Å². The van der Waals surface area contributed by atoms with Crippen LogP contribution >= 0.6 is 0 Å². The van der Waals surface area contributed by atoms with E-state index in [1.165, 1.54) is 9.13 Å². The maximum absolute atomic E-state index is 12.3. The summed E-state index contributed by atoms with van der Waals surface area (Å²) in [6.45, 7) is 4.66. The van der Waals surface area contributed by atoms with E-state index in [0.717, 1.165) is 54.6 Å². The minimum absolute atomic E-state index is 0.0390. The Labute approximate surface area is 760 Å². The van der Waals surface area contributed by atoms with Gasteiger partial charge in [-0.15, -0.1) is 0 Å². The van der Waals surface area contributed by atoms with E-state index < -0.39 is 144 Å². The molecule has 0 fully saturated rings. The Bertz CT molecular complexity index is 9560. The van der Waals surface area contributed by atoms with Crippen LogP contribution in [0.1, 0.15) is 53.7 Å². The summed E-state index contributed by atoms with van der Waals surface area (Å²) in [6, 6.07) is 91.0. The first kappa shape index (κ1) is 55.1. The molecule has 0 saturated heterocycles. The Morgan fingerprint density at radius 1 is 0.238 bits per heavy atom. The summed E-state index contributed by atoms with van der Waals surface area (Å²) in [6.07, 6.45) is 0. The third-order valence-electron chi connectivity index (χ3n) is 25.2. The summed E-state index contributed by atoms with van der Waals surface area (Å²) in [5.74, 6) is 0. The lowest BCUT2D eigenvalue weighted by molar-refractivity contribution is 0.591. The van der Waals surface area contributed by atoms with Gasteiger partial charge in [0.25, 0.3) is 6.71 Å². The summed E-state index contributed by atoms with van der Waals surface area (Å²) in [4.78, 5) is 3.89. The average Bonchev–Trinajstić information content (AvgIpc) is 0.972.